The van der Waals surface area contributed by atoms with Crippen molar-refractivity contribution in [3.63, 3.8) is 0 Å². The first-order valence-corrected chi connectivity index (χ1v) is 10.2. The molecule has 0 N–H and O–H groups in total. The van der Waals surface area contributed by atoms with Gasteiger partial charge in [-0.05, 0) is 38.5 Å². The van der Waals surface area contributed by atoms with E-state index in [1.54, 1.807) is 6.92 Å². The second kappa shape index (κ2) is 10.0. The Morgan fingerprint density at radius 3 is 2.73 bits per heavy atom. The molecule has 0 bridgehead atoms. The fourth-order valence-electron chi connectivity index (χ4n) is 3.48. The van der Waals surface area contributed by atoms with Gasteiger partial charge in [0.1, 0.15) is 17.9 Å². The summed E-state index contributed by atoms with van der Waals surface area (Å²) in [6.45, 7) is 7.96. The third-order valence-electron chi connectivity index (χ3n) is 4.96. The quantitative estimate of drug-likeness (QED) is 0.647. The van der Waals surface area contributed by atoms with Gasteiger partial charge in [0.15, 0.2) is 0 Å². The lowest BCUT2D eigenvalue weighted by Gasteiger charge is -2.40. The van der Waals surface area contributed by atoms with Crippen molar-refractivity contribution in [1.29, 1.82) is 0 Å². The van der Waals surface area contributed by atoms with Crippen molar-refractivity contribution < 1.29 is 19.1 Å². The van der Waals surface area contributed by atoms with Crippen molar-refractivity contribution in [2.24, 2.45) is 0 Å². The number of carbonyl (C=O) groups is 2. The molecule has 1 amide bonds. The van der Waals surface area contributed by atoms with Gasteiger partial charge in [-0.1, -0.05) is 12.1 Å². The fraction of sp³-hybridized carbons (Fsp3) is 0.455. The van der Waals surface area contributed by atoms with Gasteiger partial charge in [-0.15, -0.1) is 0 Å². The Labute approximate surface area is 176 Å². The number of ether oxygens (including phenoxy) is 2. The van der Waals surface area contributed by atoms with Crippen LogP contribution in [0.5, 0.6) is 11.6 Å². The van der Waals surface area contributed by atoms with E-state index >= 15 is 0 Å². The maximum atomic E-state index is 12.5. The molecule has 1 aliphatic heterocycles. The number of rotatable bonds is 7. The molecule has 1 aromatic heterocycles. The van der Waals surface area contributed by atoms with E-state index in [9.17, 15) is 9.59 Å². The van der Waals surface area contributed by atoms with Crippen molar-refractivity contribution in [3.05, 3.63) is 42.2 Å². The topological polar surface area (TPSA) is 84.9 Å². The van der Waals surface area contributed by atoms with Gasteiger partial charge in [-0.2, -0.15) is 0 Å². The SMILES string of the molecule is CCOC(=O)CCC(=O)N1CCN(c2cc(Oc3cccc(C)c3)ncn2)CC1C. The predicted octanol–water partition coefficient (Wildman–Crippen LogP) is 2.96. The van der Waals surface area contributed by atoms with Crippen LogP contribution in [0.2, 0.25) is 0 Å². The molecule has 8 heteroatoms. The summed E-state index contributed by atoms with van der Waals surface area (Å²) in [5, 5.41) is 0. The summed E-state index contributed by atoms with van der Waals surface area (Å²) in [5.74, 6) is 1.61. The van der Waals surface area contributed by atoms with E-state index < -0.39 is 0 Å². The lowest BCUT2D eigenvalue weighted by Crippen LogP contribution is -2.54. The number of nitrogens with zero attached hydrogens (tertiary/aromatic N) is 4. The monoisotopic (exact) mass is 412 g/mol. The molecule has 3 rings (SSSR count). The molecule has 30 heavy (non-hydrogen) atoms. The second-order valence-corrected chi connectivity index (χ2v) is 7.32. The van der Waals surface area contributed by atoms with Gasteiger partial charge in [0.25, 0.3) is 0 Å². The molecule has 8 nitrogen and oxygen atoms in total. The van der Waals surface area contributed by atoms with Gasteiger partial charge in [-0.3, -0.25) is 9.59 Å². The molecule has 0 saturated carbocycles. The van der Waals surface area contributed by atoms with Gasteiger partial charge in [0.05, 0.1) is 13.0 Å². The third-order valence-corrected chi connectivity index (χ3v) is 4.96. The average molecular weight is 412 g/mol. The van der Waals surface area contributed by atoms with Crippen molar-refractivity contribution >= 4 is 17.7 Å². The van der Waals surface area contributed by atoms with E-state index in [2.05, 4.69) is 14.9 Å². The van der Waals surface area contributed by atoms with E-state index in [0.717, 1.165) is 17.1 Å². The van der Waals surface area contributed by atoms with Crippen LogP contribution < -0.4 is 9.64 Å². The Hall–Kier alpha value is -3.16. The minimum Gasteiger partial charge on any atom is -0.466 e. The summed E-state index contributed by atoms with van der Waals surface area (Å²) in [4.78, 5) is 36.5. The summed E-state index contributed by atoms with van der Waals surface area (Å²) in [7, 11) is 0. The number of benzene rings is 1. The maximum absolute atomic E-state index is 12.5. The van der Waals surface area contributed by atoms with Gasteiger partial charge >= 0.3 is 5.97 Å². The molecular formula is C22H28N4O4. The minimum absolute atomic E-state index is 0.00421. The molecule has 1 aromatic carbocycles. The van der Waals surface area contributed by atoms with Gasteiger partial charge in [0.2, 0.25) is 11.8 Å². The van der Waals surface area contributed by atoms with E-state index in [0.29, 0.717) is 32.1 Å². The summed E-state index contributed by atoms with van der Waals surface area (Å²) in [6.07, 6.45) is 1.78. The average Bonchev–Trinajstić information content (AvgIpc) is 2.72. The zero-order valence-corrected chi connectivity index (χ0v) is 17.7. The molecule has 0 radical (unpaired) electrons. The molecule has 0 spiro atoms. The minimum atomic E-state index is -0.334. The highest BCUT2D eigenvalue weighted by Gasteiger charge is 2.28. The van der Waals surface area contributed by atoms with Crippen LogP contribution in [0.3, 0.4) is 0 Å². The number of aromatic nitrogens is 2. The first kappa shape index (κ1) is 21.5. The first-order valence-electron chi connectivity index (χ1n) is 10.2. The molecule has 1 atom stereocenters. The van der Waals surface area contributed by atoms with E-state index in [1.807, 2.05) is 49.1 Å². The molecule has 0 aliphatic carbocycles. The van der Waals surface area contributed by atoms with Crippen LogP contribution in [-0.2, 0) is 14.3 Å². The summed E-state index contributed by atoms with van der Waals surface area (Å²) in [5.41, 5.74) is 1.11. The smallest absolute Gasteiger partial charge is 0.306 e. The number of anilines is 1. The zero-order chi connectivity index (χ0) is 21.5. The van der Waals surface area contributed by atoms with E-state index in [-0.39, 0.29) is 30.8 Å². The van der Waals surface area contributed by atoms with Gasteiger partial charge < -0.3 is 19.3 Å². The Kier molecular flexibility index (Phi) is 7.21. The molecule has 2 heterocycles. The lowest BCUT2D eigenvalue weighted by atomic mass is 10.1. The molecule has 1 aliphatic rings. The zero-order valence-electron chi connectivity index (χ0n) is 17.7. The number of hydrogen-bond acceptors (Lipinski definition) is 7. The number of piperazine rings is 1. The highest BCUT2D eigenvalue weighted by Crippen LogP contribution is 2.24. The first-order chi connectivity index (χ1) is 14.5. The summed E-state index contributed by atoms with van der Waals surface area (Å²) >= 11 is 0. The van der Waals surface area contributed by atoms with Crippen LogP contribution in [0.25, 0.3) is 0 Å². The summed E-state index contributed by atoms with van der Waals surface area (Å²) < 4.78 is 10.8. The lowest BCUT2D eigenvalue weighted by molar-refractivity contribution is -0.146. The Balaban J connectivity index is 1.58. The second-order valence-electron chi connectivity index (χ2n) is 7.32. The largest absolute Gasteiger partial charge is 0.466 e. The molecule has 1 fully saturated rings. The van der Waals surface area contributed by atoms with Crippen molar-refractivity contribution in [2.45, 2.75) is 39.7 Å². The normalized spacial score (nSPS) is 16.3. The van der Waals surface area contributed by atoms with Gasteiger partial charge in [0, 0.05) is 38.2 Å². The van der Waals surface area contributed by atoms with Crippen LogP contribution in [0.1, 0.15) is 32.3 Å². The van der Waals surface area contributed by atoms with Crippen LogP contribution in [0.15, 0.2) is 36.7 Å². The van der Waals surface area contributed by atoms with Gasteiger partial charge in [-0.25, -0.2) is 9.97 Å². The molecular weight excluding hydrogens is 384 g/mol. The number of amides is 1. The highest BCUT2D eigenvalue weighted by atomic mass is 16.5. The van der Waals surface area contributed by atoms with Crippen molar-refractivity contribution in [1.82, 2.24) is 14.9 Å². The summed E-state index contributed by atoms with van der Waals surface area (Å²) in [6, 6.07) is 9.60. The number of aryl methyl sites for hydroxylation is 1. The maximum Gasteiger partial charge on any atom is 0.306 e. The van der Waals surface area contributed by atoms with Crippen LogP contribution in [0.4, 0.5) is 5.82 Å². The fourth-order valence-corrected chi connectivity index (χ4v) is 3.48. The Morgan fingerprint density at radius 2 is 2.00 bits per heavy atom. The predicted molar refractivity (Wildman–Crippen MR) is 113 cm³/mol. The number of carbonyl (C=O) groups excluding carboxylic acids is 2. The van der Waals surface area contributed by atoms with Crippen LogP contribution in [0, 0.1) is 6.92 Å². The van der Waals surface area contributed by atoms with E-state index in [4.69, 9.17) is 9.47 Å². The molecule has 1 unspecified atom stereocenters. The molecule has 1 saturated heterocycles. The Bertz CT molecular complexity index is 889. The number of hydrogen-bond donors (Lipinski definition) is 0. The van der Waals surface area contributed by atoms with Crippen LogP contribution >= 0.6 is 0 Å². The van der Waals surface area contributed by atoms with Crippen LogP contribution in [-0.4, -0.2) is 59.0 Å². The van der Waals surface area contributed by atoms with Crippen molar-refractivity contribution in [2.75, 3.05) is 31.1 Å². The van der Waals surface area contributed by atoms with E-state index in [1.165, 1.54) is 6.33 Å². The number of esters is 1. The third kappa shape index (κ3) is 5.68. The van der Waals surface area contributed by atoms with Crippen molar-refractivity contribution in [3.8, 4) is 11.6 Å². The molecule has 2 aromatic rings. The highest BCUT2D eigenvalue weighted by molar-refractivity contribution is 5.81. The Morgan fingerprint density at radius 1 is 1.17 bits per heavy atom. The molecule has 160 valence electrons. The standard InChI is InChI=1S/C22H28N4O4/c1-4-29-22(28)9-8-21(27)26-11-10-25(14-17(26)3)19-13-20(24-15-23-19)30-18-7-5-6-16(2)12-18/h5-7,12-13,15,17H,4,8-11,14H2,1-3H3.